The Morgan fingerprint density at radius 2 is 2.12 bits per heavy atom. The summed E-state index contributed by atoms with van der Waals surface area (Å²) in [6, 6.07) is 0.342. The van der Waals surface area contributed by atoms with Crippen molar-refractivity contribution < 1.29 is 13.2 Å². The molecule has 1 amide bonds. The summed E-state index contributed by atoms with van der Waals surface area (Å²) in [4.78, 5) is 16.2. The molecule has 1 N–H and O–H groups in total. The van der Waals surface area contributed by atoms with Crippen LogP contribution < -0.4 is 4.72 Å². The van der Waals surface area contributed by atoms with E-state index < -0.39 is 10.0 Å². The number of fused-ring (bicyclic) bond motifs is 2. The van der Waals surface area contributed by atoms with Gasteiger partial charge in [-0.3, -0.25) is 9.69 Å². The summed E-state index contributed by atoms with van der Waals surface area (Å²) in [5, 5.41) is 0. The van der Waals surface area contributed by atoms with E-state index in [-0.39, 0.29) is 18.9 Å². The zero-order valence-corrected chi connectivity index (χ0v) is 10.9. The van der Waals surface area contributed by atoms with Gasteiger partial charge in [-0.15, -0.1) is 0 Å². The zero-order chi connectivity index (χ0) is 12.5. The standard InChI is InChI=1S/C10H19N3O3S/c1-17(15,16)11-4-2-10(14)13-7-6-12-5-3-9(13)8-12/h9,11H,2-8H2,1H3. The Labute approximate surface area is 102 Å². The SMILES string of the molecule is CS(=O)(=O)NCCC(=O)N1CCN2CCC1C2. The summed E-state index contributed by atoms with van der Waals surface area (Å²) < 4.78 is 24.1. The van der Waals surface area contributed by atoms with E-state index in [4.69, 9.17) is 0 Å². The van der Waals surface area contributed by atoms with Crippen LogP contribution in [0.4, 0.5) is 0 Å². The van der Waals surface area contributed by atoms with E-state index in [2.05, 4.69) is 9.62 Å². The predicted octanol–water partition coefficient (Wildman–Crippen LogP) is -1.16. The number of nitrogens with zero attached hydrogens (tertiary/aromatic N) is 2. The lowest BCUT2D eigenvalue weighted by atomic mass is 10.2. The monoisotopic (exact) mass is 261 g/mol. The third-order valence-electron chi connectivity index (χ3n) is 3.37. The van der Waals surface area contributed by atoms with E-state index in [9.17, 15) is 13.2 Å². The van der Waals surface area contributed by atoms with Gasteiger partial charge < -0.3 is 4.90 Å². The molecule has 0 aromatic rings. The summed E-state index contributed by atoms with van der Waals surface area (Å²) in [7, 11) is -3.19. The minimum absolute atomic E-state index is 0.0627. The van der Waals surface area contributed by atoms with Crippen LogP contribution in [0.3, 0.4) is 0 Å². The maximum atomic E-state index is 11.9. The molecule has 0 saturated carbocycles. The van der Waals surface area contributed by atoms with E-state index >= 15 is 0 Å². The van der Waals surface area contributed by atoms with E-state index in [1.54, 1.807) is 0 Å². The van der Waals surface area contributed by atoms with Gasteiger partial charge in [0, 0.05) is 45.2 Å². The van der Waals surface area contributed by atoms with Crippen molar-refractivity contribution >= 4 is 15.9 Å². The zero-order valence-electron chi connectivity index (χ0n) is 10.1. The first-order valence-electron chi connectivity index (χ1n) is 5.92. The molecule has 2 fully saturated rings. The second kappa shape index (κ2) is 4.91. The fraction of sp³-hybridized carbons (Fsp3) is 0.900. The normalized spacial score (nSPS) is 28.4. The second-order valence-electron chi connectivity index (χ2n) is 4.75. The van der Waals surface area contributed by atoms with Gasteiger partial charge in [0.25, 0.3) is 0 Å². The fourth-order valence-corrected chi connectivity index (χ4v) is 2.99. The summed E-state index contributed by atoms with van der Waals surface area (Å²) in [6.07, 6.45) is 2.40. The first-order valence-corrected chi connectivity index (χ1v) is 7.81. The Hall–Kier alpha value is -0.660. The van der Waals surface area contributed by atoms with Crippen molar-refractivity contribution in [3.05, 3.63) is 0 Å². The number of sulfonamides is 1. The number of hydrogen-bond donors (Lipinski definition) is 1. The number of rotatable bonds is 4. The first kappa shape index (κ1) is 12.8. The van der Waals surface area contributed by atoms with Gasteiger partial charge in [0.15, 0.2) is 0 Å². The van der Waals surface area contributed by atoms with Gasteiger partial charge in [-0.2, -0.15) is 0 Å². The molecule has 0 aromatic carbocycles. The number of nitrogens with one attached hydrogen (secondary N) is 1. The quantitative estimate of drug-likeness (QED) is 0.693. The molecule has 0 radical (unpaired) electrons. The Bertz CT molecular complexity index is 396. The number of hydrogen-bond acceptors (Lipinski definition) is 4. The van der Waals surface area contributed by atoms with Crippen LogP contribution in [0.5, 0.6) is 0 Å². The van der Waals surface area contributed by atoms with Gasteiger partial charge >= 0.3 is 0 Å². The number of carbonyl (C=O) groups excluding carboxylic acids is 1. The van der Waals surface area contributed by atoms with Crippen molar-refractivity contribution in [2.45, 2.75) is 18.9 Å². The maximum absolute atomic E-state index is 11.9. The molecule has 2 unspecified atom stereocenters. The third-order valence-corrected chi connectivity index (χ3v) is 4.10. The maximum Gasteiger partial charge on any atom is 0.224 e. The lowest BCUT2D eigenvalue weighted by molar-refractivity contribution is -0.134. The molecule has 7 heteroatoms. The Kier molecular flexibility index (Phi) is 3.70. The lowest BCUT2D eigenvalue weighted by Gasteiger charge is -2.34. The smallest absolute Gasteiger partial charge is 0.224 e. The molecular formula is C10H19N3O3S. The minimum atomic E-state index is -3.19. The first-order chi connectivity index (χ1) is 7.96. The lowest BCUT2D eigenvalue weighted by Crippen LogP contribution is -2.50. The molecule has 0 aliphatic carbocycles. The highest BCUT2D eigenvalue weighted by Crippen LogP contribution is 2.20. The highest BCUT2D eigenvalue weighted by Gasteiger charge is 2.34. The van der Waals surface area contributed by atoms with E-state index in [0.717, 1.165) is 38.9 Å². The molecule has 17 heavy (non-hydrogen) atoms. The highest BCUT2D eigenvalue weighted by molar-refractivity contribution is 7.88. The van der Waals surface area contributed by atoms with Crippen LogP contribution in [-0.2, 0) is 14.8 Å². The van der Waals surface area contributed by atoms with Crippen molar-refractivity contribution in [1.29, 1.82) is 0 Å². The minimum Gasteiger partial charge on any atom is -0.337 e. The van der Waals surface area contributed by atoms with Crippen LogP contribution in [0.2, 0.25) is 0 Å². The van der Waals surface area contributed by atoms with Crippen molar-refractivity contribution in [1.82, 2.24) is 14.5 Å². The van der Waals surface area contributed by atoms with Crippen LogP contribution >= 0.6 is 0 Å². The Morgan fingerprint density at radius 1 is 1.35 bits per heavy atom. The van der Waals surface area contributed by atoms with Gasteiger partial charge in [0.05, 0.1) is 6.26 Å². The summed E-state index contributed by atoms with van der Waals surface area (Å²) in [5.41, 5.74) is 0. The van der Waals surface area contributed by atoms with Gasteiger partial charge in [-0.25, -0.2) is 13.1 Å². The number of amides is 1. The van der Waals surface area contributed by atoms with Crippen molar-refractivity contribution in [2.75, 3.05) is 39.0 Å². The van der Waals surface area contributed by atoms with Crippen LogP contribution in [0.25, 0.3) is 0 Å². The number of carbonyl (C=O) groups is 1. The topological polar surface area (TPSA) is 69.7 Å². The molecule has 2 atom stereocenters. The largest absolute Gasteiger partial charge is 0.337 e. The molecule has 0 aromatic heterocycles. The molecule has 2 heterocycles. The predicted molar refractivity (Wildman–Crippen MR) is 64.0 cm³/mol. The molecule has 98 valence electrons. The van der Waals surface area contributed by atoms with Crippen molar-refractivity contribution in [3.63, 3.8) is 0 Å². The van der Waals surface area contributed by atoms with Crippen LogP contribution in [-0.4, -0.2) is 69.1 Å². The van der Waals surface area contributed by atoms with Crippen LogP contribution in [0.1, 0.15) is 12.8 Å². The third kappa shape index (κ3) is 3.40. The summed E-state index contributed by atoms with van der Waals surface area (Å²) in [5.74, 6) is 0.0627. The fourth-order valence-electron chi connectivity index (χ4n) is 2.52. The van der Waals surface area contributed by atoms with E-state index in [0.29, 0.717) is 6.04 Å². The average molecular weight is 261 g/mol. The molecule has 0 spiro atoms. The van der Waals surface area contributed by atoms with Crippen molar-refractivity contribution in [2.24, 2.45) is 0 Å². The molecule has 2 bridgehead atoms. The van der Waals surface area contributed by atoms with Crippen LogP contribution in [0, 0.1) is 0 Å². The average Bonchev–Trinajstić information content (AvgIpc) is 2.58. The van der Waals surface area contributed by atoms with E-state index in [1.165, 1.54) is 0 Å². The molecular weight excluding hydrogens is 242 g/mol. The molecule has 2 aliphatic heterocycles. The summed E-state index contributed by atoms with van der Waals surface area (Å²) in [6.45, 7) is 3.98. The van der Waals surface area contributed by atoms with Crippen molar-refractivity contribution in [3.8, 4) is 0 Å². The summed E-state index contributed by atoms with van der Waals surface area (Å²) >= 11 is 0. The molecule has 6 nitrogen and oxygen atoms in total. The Morgan fingerprint density at radius 3 is 2.82 bits per heavy atom. The van der Waals surface area contributed by atoms with Crippen LogP contribution in [0.15, 0.2) is 0 Å². The number of piperazine rings is 1. The molecule has 2 aliphatic rings. The Balaban J connectivity index is 1.80. The van der Waals surface area contributed by atoms with Gasteiger partial charge in [-0.1, -0.05) is 0 Å². The van der Waals surface area contributed by atoms with E-state index in [1.807, 2.05) is 4.90 Å². The van der Waals surface area contributed by atoms with Gasteiger partial charge in [-0.05, 0) is 6.42 Å². The molecule has 2 rings (SSSR count). The highest BCUT2D eigenvalue weighted by atomic mass is 32.2. The molecule has 2 saturated heterocycles. The van der Waals surface area contributed by atoms with Gasteiger partial charge in [0.2, 0.25) is 15.9 Å². The van der Waals surface area contributed by atoms with Gasteiger partial charge in [0.1, 0.15) is 0 Å². The second-order valence-corrected chi connectivity index (χ2v) is 6.58.